The fraction of sp³-hybridized carbons (Fsp3) is 0.700. The van der Waals surface area contributed by atoms with E-state index in [0.29, 0.717) is 10.9 Å². The first-order valence-corrected chi connectivity index (χ1v) is 8.28. The summed E-state index contributed by atoms with van der Waals surface area (Å²) >= 11 is 1.47. The van der Waals surface area contributed by atoms with Crippen LogP contribution in [0.3, 0.4) is 0 Å². The summed E-state index contributed by atoms with van der Waals surface area (Å²) in [5, 5.41) is 0.565. The van der Waals surface area contributed by atoms with Gasteiger partial charge in [-0.15, -0.1) is 23.7 Å². The summed E-state index contributed by atoms with van der Waals surface area (Å²) in [6, 6.07) is 0.147. The number of hydrogen-bond donors (Lipinski definition) is 1. The molecular formula is C10H18ClN3O2S2. The highest BCUT2D eigenvalue weighted by molar-refractivity contribution is 7.91. The Kier molecular flexibility index (Phi) is 5.39. The van der Waals surface area contributed by atoms with E-state index in [-0.39, 0.29) is 24.2 Å². The number of nitrogens with two attached hydrogens (primary N) is 1. The van der Waals surface area contributed by atoms with Gasteiger partial charge in [0, 0.05) is 23.7 Å². The quantitative estimate of drug-likeness (QED) is 0.903. The van der Waals surface area contributed by atoms with Crippen molar-refractivity contribution >= 4 is 38.7 Å². The normalized spacial score (nSPS) is 22.0. The summed E-state index contributed by atoms with van der Waals surface area (Å²) in [5.74, 6) is 0.605. The SMILES string of the molecule is CCN(Cc1cnc(N)s1)C1CCS(=O)(=O)C1.Cl. The standard InChI is InChI=1S/C10H17N3O2S2.ClH/c1-2-13(6-9-5-12-10(11)16-9)8-3-4-17(14,15)7-8;/h5,8H,2-4,6-7H2,1H3,(H2,11,12);1H. The third-order valence-electron chi connectivity index (χ3n) is 3.06. The largest absolute Gasteiger partial charge is 0.375 e. The highest BCUT2D eigenvalue weighted by atomic mass is 35.5. The summed E-state index contributed by atoms with van der Waals surface area (Å²) in [4.78, 5) is 7.29. The Balaban J connectivity index is 0.00000162. The molecule has 1 aliphatic rings. The highest BCUT2D eigenvalue weighted by Crippen LogP contribution is 2.22. The van der Waals surface area contributed by atoms with Gasteiger partial charge in [-0.2, -0.15) is 0 Å². The molecule has 0 amide bonds. The molecule has 1 aromatic rings. The predicted octanol–water partition coefficient (Wildman–Crippen LogP) is 1.16. The number of nitrogens with zero attached hydrogens (tertiary/aromatic N) is 2. The van der Waals surface area contributed by atoms with Gasteiger partial charge < -0.3 is 5.73 Å². The number of nitrogen functional groups attached to an aromatic ring is 1. The fourth-order valence-corrected chi connectivity index (χ4v) is 4.63. The average molecular weight is 312 g/mol. The second-order valence-electron chi connectivity index (χ2n) is 4.28. The van der Waals surface area contributed by atoms with Crippen LogP contribution in [0.5, 0.6) is 0 Å². The van der Waals surface area contributed by atoms with Crippen molar-refractivity contribution in [1.29, 1.82) is 0 Å². The molecule has 0 aliphatic carbocycles. The van der Waals surface area contributed by atoms with Crippen LogP contribution in [0.25, 0.3) is 0 Å². The topological polar surface area (TPSA) is 76.3 Å². The summed E-state index contributed by atoms with van der Waals surface area (Å²) < 4.78 is 22.9. The van der Waals surface area contributed by atoms with Crippen LogP contribution >= 0.6 is 23.7 Å². The molecule has 0 radical (unpaired) electrons. The van der Waals surface area contributed by atoms with Gasteiger partial charge in [0.05, 0.1) is 11.5 Å². The van der Waals surface area contributed by atoms with E-state index in [2.05, 4.69) is 16.8 Å². The van der Waals surface area contributed by atoms with Gasteiger partial charge in [0.25, 0.3) is 0 Å². The molecule has 8 heteroatoms. The molecule has 0 aromatic carbocycles. The van der Waals surface area contributed by atoms with E-state index in [1.54, 1.807) is 6.20 Å². The molecule has 1 aliphatic heterocycles. The van der Waals surface area contributed by atoms with Gasteiger partial charge in [-0.3, -0.25) is 4.90 Å². The second-order valence-corrected chi connectivity index (χ2v) is 7.66. The first-order chi connectivity index (χ1) is 8.00. The summed E-state index contributed by atoms with van der Waals surface area (Å²) in [6.45, 7) is 3.64. The van der Waals surface area contributed by atoms with Crippen molar-refractivity contribution < 1.29 is 8.42 Å². The van der Waals surface area contributed by atoms with E-state index < -0.39 is 9.84 Å². The van der Waals surface area contributed by atoms with Gasteiger partial charge in [0.15, 0.2) is 15.0 Å². The minimum absolute atomic E-state index is 0. The molecular weight excluding hydrogens is 294 g/mol. The van der Waals surface area contributed by atoms with Crippen LogP contribution in [0.4, 0.5) is 5.13 Å². The number of thiazole rings is 1. The number of hydrogen-bond acceptors (Lipinski definition) is 6. The predicted molar refractivity (Wildman–Crippen MR) is 76.9 cm³/mol. The second kappa shape index (κ2) is 6.18. The molecule has 18 heavy (non-hydrogen) atoms. The summed E-state index contributed by atoms with van der Waals surface area (Å²) in [6.07, 6.45) is 2.51. The van der Waals surface area contributed by atoms with E-state index >= 15 is 0 Å². The fourth-order valence-electron chi connectivity index (χ4n) is 2.16. The van der Waals surface area contributed by atoms with E-state index in [0.717, 1.165) is 24.4 Å². The Labute approximate surface area is 118 Å². The molecule has 1 aromatic heterocycles. The maximum Gasteiger partial charge on any atom is 0.180 e. The van der Waals surface area contributed by atoms with Crippen molar-refractivity contribution in [2.45, 2.75) is 25.9 Å². The molecule has 0 spiro atoms. The zero-order valence-electron chi connectivity index (χ0n) is 10.2. The van der Waals surface area contributed by atoms with Crippen LogP contribution < -0.4 is 5.73 Å². The third kappa shape index (κ3) is 3.81. The lowest BCUT2D eigenvalue weighted by molar-refractivity contribution is 0.216. The number of aromatic nitrogens is 1. The van der Waals surface area contributed by atoms with E-state index in [4.69, 9.17) is 5.73 Å². The molecule has 5 nitrogen and oxygen atoms in total. The zero-order valence-corrected chi connectivity index (χ0v) is 12.7. The zero-order chi connectivity index (χ0) is 12.5. The van der Waals surface area contributed by atoms with E-state index in [1.165, 1.54) is 11.3 Å². The Morgan fingerprint density at radius 1 is 1.61 bits per heavy atom. The Morgan fingerprint density at radius 3 is 2.78 bits per heavy atom. The number of sulfone groups is 1. The molecule has 0 bridgehead atoms. The molecule has 2 N–H and O–H groups in total. The van der Waals surface area contributed by atoms with Crippen molar-refractivity contribution in [2.24, 2.45) is 0 Å². The maximum atomic E-state index is 11.5. The van der Waals surface area contributed by atoms with Crippen molar-refractivity contribution in [3.8, 4) is 0 Å². The lowest BCUT2D eigenvalue weighted by Crippen LogP contribution is -2.35. The number of halogens is 1. The number of rotatable bonds is 4. The monoisotopic (exact) mass is 311 g/mol. The molecule has 2 rings (SSSR count). The Morgan fingerprint density at radius 2 is 2.33 bits per heavy atom. The van der Waals surface area contributed by atoms with Crippen LogP contribution in [-0.2, 0) is 16.4 Å². The lowest BCUT2D eigenvalue weighted by Gasteiger charge is -2.25. The van der Waals surface area contributed by atoms with Crippen molar-refractivity contribution in [2.75, 3.05) is 23.8 Å². The molecule has 1 saturated heterocycles. The van der Waals surface area contributed by atoms with Crippen LogP contribution in [0.2, 0.25) is 0 Å². The first-order valence-electron chi connectivity index (χ1n) is 5.65. The van der Waals surface area contributed by atoms with Crippen LogP contribution in [0.1, 0.15) is 18.2 Å². The maximum absolute atomic E-state index is 11.5. The molecule has 1 unspecified atom stereocenters. The minimum Gasteiger partial charge on any atom is -0.375 e. The molecule has 2 heterocycles. The van der Waals surface area contributed by atoms with Crippen LogP contribution in [-0.4, -0.2) is 42.4 Å². The molecule has 104 valence electrons. The molecule has 1 fully saturated rings. The molecule has 1 atom stereocenters. The highest BCUT2D eigenvalue weighted by Gasteiger charge is 2.31. The van der Waals surface area contributed by atoms with E-state index in [9.17, 15) is 8.42 Å². The smallest absolute Gasteiger partial charge is 0.180 e. The van der Waals surface area contributed by atoms with Crippen LogP contribution in [0.15, 0.2) is 6.20 Å². The van der Waals surface area contributed by atoms with Gasteiger partial charge in [0.2, 0.25) is 0 Å². The van der Waals surface area contributed by atoms with Crippen molar-refractivity contribution in [1.82, 2.24) is 9.88 Å². The van der Waals surface area contributed by atoms with Crippen LogP contribution in [0, 0.1) is 0 Å². The average Bonchev–Trinajstić information content (AvgIpc) is 2.81. The summed E-state index contributed by atoms with van der Waals surface area (Å²) in [5.41, 5.74) is 5.59. The Hall–Kier alpha value is -0.370. The van der Waals surface area contributed by atoms with E-state index in [1.807, 2.05) is 0 Å². The van der Waals surface area contributed by atoms with Gasteiger partial charge >= 0.3 is 0 Å². The van der Waals surface area contributed by atoms with Crippen molar-refractivity contribution in [3.05, 3.63) is 11.1 Å². The van der Waals surface area contributed by atoms with Gasteiger partial charge in [0.1, 0.15) is 0 Å². The van der Waals surface area contributed by atoms with Gasteiger partial charge in [-0.05, 0) is 13.0 Å². The first kappa shape index (κ1) is 15.7. The lowest BCUT2D eigenvalue weighted by atomic mass is 10.2. The third-order valence-corrected chi connectivity index (χ3v) is 5.62. The van der Waals surface area contributed by atoms with Crippen molar-refractivity contribution in [3.63, 3.8) is 0 Å². The number of anilines is 1. The summed E-state index contributed by atoms with van der Waals surface area (Å²) in [7, 11) is -2.82. The van der Waals surface area contributed by atoms with Gasteiger partial charge in [-0.1, -0.05) is 6.92 Å². The molecule has 0 saturated carbocycles. The Bertz CT molecular complexity index is 489. The van der Waals surface area contributed by atoms with Gasteiger partial charge in [-0.25, -0.2) is 13.4 Å². The minimum atomic E-state index is -2.82.